The summed E-state index contributed by atoms with van der Waals surface area (Å²) in [4.78, 5) is 45.3. The SMILES string of the molecule is CCOC(=O)[C@@H]1[C@@H]2CC(C)C3(S2)C(C(=O)Nc2ccc(N(CC)CC)cc2)N([C@@H](CO)CC(C)C)C(=O)[C@H]13. The van der Waals surface area contributed by atoms with Crippen LogP contribution in [0.2, 0.25) is 0 Å². The average molecular weight is 546 g/mol. The van der Waals surface area contributed by atoms with Crippen molar-refractivity contribution in [2.24, 2.45) is 23.7 Å². The summed E-state index contributed by atoms with van der Waals surface area (Å²) in [5.74, 6) is -1.75. The number of anilines is 2. The van der Waals surface area contributed by atoms with Gasteiger partial charge in [0.1, 0.15) is 6.04 Å². The van der Waals surface area contributed by atoms with Gasteiger partial charge in [-0.15, -0.1) is 11.8 Å². The highest BCUT2D eigenvalue weighted by Gasteiger charge is 2.76. The van der Waals surface area contributed by atoms with Crippen molar-refractivity contribution in [1.29, 1.82) is 0 Å². The van der Waals surface area contributed by atoms with E-state index < -0.39 is 28.7 Å². The molecule has 0 aromatic heterocycles. The third-order valence-corrected chi connectivity index (χ3v) is 10.7. The van der Waals surface area contributed by atoms with Crippen LogP contribution in [0.15, 0.2) is 24.3 Å². The zero-order chi connectivity index (χ0) is 27.8. The van der Waals surface area contributed by atoms with Crippen molar-refractivity contribution in [3.63, 3.8) is 0 Å². The number of likely N-dealkylation sites (tertiary alicyclic amines) is 1. The number of aliphatic hydroxyl groups excluding tert-OH is 1. The lowest BCUT2D eigenvalue weighted by Gasteiger charge is -2.40. The second-order valence-electron chi connectivity index (χ2n) is 11.2. The number of esters is 1. The molecule has 3 aliphatic heterocycles. The largest absolute Gasteiger partial charge is 0.466 e. The molecule has 210 valence electrons. The number of ether oxygens (including phenoxy) is 1. The van der Waals surface area contributed by atoms with Crippen LogP contribution in [0.1, 0.15) is 54.4 Å². The first-order valence-electron chi connectivity index (χ1n) is 14.1. The molecule has 1 aromatic rings. The van der Waals surface area contributed by atoms with E-state index in [1.807, 2.05) is 38.1 Å². The number of carbonyl (C=O) groups excluding carboxylic acids is 3. The molecule has 2 bridgehead atoms. The van der Waals surface area contributed by atoms with Crippen molar-refractivity contribution < 1.29 is 24.2 Å². The Bertz CT molecular complexity index is 1030. The molecule has 0 aliphatic carbocycles. The lowest BCUT2D eigenvalue weighted by Crippen LogP contribution is -2.57. The van der Waals surface area contributed by atoms with Gasteiger partial charge < -0.3 is 25.0 Å². The molecular formula is C29H43N3O5S. The number of hydrogen-bond donors (Lipinski definition) is 2. The Morgan fingerprint density at radius 3 is 2.42 bits per heavy atom. The number of thioether (sulfide) groups is 1. The number of nitrogens with one attached hydrogen (secondary N) is 1. The summed E-state index contributed by atoms with van der Waals surface area (Å²) in [5.41, 5.74) is 1.74. The van der Waals surface area contributed by atoms with Crippen molar-refractivity contribution in [1.82, 2.24) is 4.90 Å². The molecule has 2 amide bonds. The molecule has 0 saturated carbocycles. The Morgan fingerprint density at radius 2 is 1.87 bits per heavy atom. The van der Waals surface area contributed by atoms with Crippen molar-refractivity contribution in [2.45, 2.75) is 76.5 Å². The molecule has 1 spiro atoms. The second-order valence-corrected chi connectivity index (χ2v) is 12.8. The van der Waals surface area contributed by atoms with Gasteiger partial charge in [-0.1, -0.05) is 20.8 Å². The Kier molecular flexibility index (Phi) is 8.67. The Balaban J connectivity index is 1.72. The topological polar surface area (TPSA) is 99.2 Å². The highest BCUT2D eigenvalue weighted by atomic mass is 32.2. The van der Waals surface area contributed by atoms with Crippen molar-refractivity contribution in [3.05, 3.63) is 24.3 Å². The molecule has 3 saturated heterocycles. The van der Waals surface area contributed by atoms with E-state index in [2.05, 4.69) is 31.0 Å². The van der Waals surface area contributed by atoms with Gasteiger partial charge in [-0.25, -0.2) is 0 Å². The van der Waals surface area contributed by atoms with E-state index in [4.69, 9.17) is 4.74 Å². The molecule has 38 heavy (non-hydrogen) atoms. The third-order valence-electron chi connectivity index (χ3n) is 8.60. The number of rotatable bonds is 11. The van der Waals surface area contributed by atoms with Crippen molar-refractivity contribution in [2.75, 3.05) is 36.5 Å². The zero-order valence-corrected chi connectivity index (χ0v) is 24.3. The number of aliphatic hydroxyl groups is 1. The minimum Gasteiger partial charge on any atom is -0.466 e. The van der Waals surface area contributed by atoms with Gasteiger partial charge in [0.05, 0.1) is 35.8 Å². The van der Waals surface area contributed by atoms with Gasteiger partial charge in [0, 0.05) is 29.7 Å². The van der Waals surface area contributed by atoms with Gasteiger partial charge in [-0.3, -0.25) is 14.4 Å². The first kappa shape index (κ1) is 28.7. The molecular weight excluding hydrogens is 502 g/mol. The first-order chi connectivity index (χ1) is 18.1. The summed E-state index contributed by atoms with van der Waals surface area (Å²) in [6.45, 7) is 13.9. The quantitative estimate of drug-likeness (QED) is 0.408. The van der Waals surface area contributed by atoms with Crippen LogP contribution in [-0.4, -0.2) is 76.2 Å². The third kappa shape index (κ3) is 4.70. The Morgan fingerprint density at radius 1 is 1.21 bits per heavy atom. The van der Waals surface area contributed by atoms with Crippen LogP contribution in [0.4, 0.5) is 11.4 Å². The molecule has 3 aliphatic rings. The van der Waals surface area contributed by atoms with Crippen LogP contribution in [0.25, 0.3) is 0 Å². The summed E-state index contributed by atoms with van der Waals surface area (Å²) in [6.07, 6.45) is 1.32. The standard InChI is InChI=1S/C29H43N3O5S/c1-7-31(8-2)20-12-10-19(11-13-20)30-26(34)25-29-18(6)15-22(38-29)23(28(36)37-9-3)24(29)27(35)32(25)21(16-33)14-17(4)5/h10-13,17-18,21-25,33H,7-9,14-16H2,1-6H3,(H,30,34)/t18?,21-,22+,23-,24+,25?,29?/m1/s1. The van der Waals surface area contributed by atoms with E-state index >= 15 is 0 Å². The minimum absolute atomic E-state index is 0.0542. The van der Waals surface area contributed by atoms with E-state index in [1.165, 1.54) is 0 Å². The number of amides is 2. The van der Waals surface area contributed by atoms with Crippen molar-refractivity contribution >= 4 is 40.9 Å². The van der Waals surface area contributed by atoms with Crippen molar-refractivity contribution in [3.8, 4) is 0 Å². The summed E-state index contributed by atoms with van der Waals surface area (Å²) in [5, 5.41) is 13.4. The summed E-state index contributed by atoms with van der Waals surface area (Å²) in [6, 6.07) is 6.48. The van der Waals surface area contributed by atoms with Gasteiger partial charge in [-0.05, 0) is 69.7 Å². The van der Waals surface area contributed by atoms with Crippen LogP contribution in [0.3, 0.4) is 0 Å². The molecule has 3 fully saturated rings. The molecule has 3 heterocycles. The van der Waals surface area contributed by atoms with Crippen LogP contribution in [0.5, 0.6) is 0 Å². The number of nitrogens with zero attached hydrogens (tertiary/aromatic N) is 2. The number of carbonyl (C=O) groups is 3. The lowest BCUT2D eigenvalue weighted by atomic mass is 9.66. The van der Waals surface area contributed by atoms with Gasteiger partial charge in [0.15, 0.2) is 0 Å². The van der Waals surface area contributed by atoms with Crippen LogP contribution < -0.4 is 10.2 Å². The normalized spacial score (nSPS) is 30.5. The van der Waals surface area contributed by atoms with Gasteiger partial charge in [-0.2, -0.15) is 0 Å². The Hall–Kier alpha value is -2.26. The second kappa shape index (κ2) is 11.5. The van der Waals surface area contributed by atoms with Gasteiger partial charge in [0.25, 0.3) is 0 Å². The maximum Gasteiger partial charge on any atom is 0.310 e. The minimum atomic E-state index is -0.789. The van der Waals surface area contributed by atoms with E-state index in [1.54, 1.807) is 23.6 Å². The predicted molar refractivity (Wildman–Crippen MR) is 151 cm³/mol. The van der Waals surface area contributed by atoms with E-state index in [9.17, 15) is 19.5 Å². The molecule has 4 rings (SSSR count). The van der Waals surface area contributed by atoms with E-state index in [-0.39, 0.29) is 48.1 Å². The summed E-state index contributed by atoms with van der Waals surface area (Å²) in [7, 11) is 0. The van der Waals surface area contributed by atoms with E-state index in [0.29, 0.717) is 12.1 Å². The van der Waals surface area contributed by atoms with Crippen LogP contribution in [0, 0.1) is 23.7 Å². The predicted octanol–water partition coefficient (Wildman–Crippen LogP) is 3.78. The zero-order valence-electron chi connectivity index (χ0n) is 23.5. The smallest absolute Gasteiger partial charge is 0.310 e. The van der Waals surface area contributed by atoms with Crippen LogP contribution >= 0.6 is 11.8 Å². The molecule has 0 radical (unpaired) electrons. The molecule has 7 atom stereocenters. The highest BCUT2D eigenvalue weighted by Crippen LogP contribution is 2.69. The molecule has 1 aromatic carbocycles. The maximum absolute atomic E-state index is 14.2. The molecule has 3 unspecified atom stereocenters. The number of hydrogen-bond acceptors (Lipinski definition) is 7. The summed E-state index contributed by atoms with van der Waals surface area (Å²) < 4.78 is 4.68. The van der Waals surface area contributed by atoms with E-state index in [0.717, 1.165) is 25.2 Å². The maximum atomic E-state index is 14.2. The van der Waals surface area contributed by atoms with Gasteiger partial charge in [0.2, 0.25) is 11.8 Å². The summed E-state index contributed by atoms with van der Waals surface area (Å²) >= 11 is 1.62. The number of fused-ring (bicyclic) bond motifs is 1. The fraction of sp³-hybridized carbons (Fsp3) is 0.690. The molecule has 2 N–H and O–H groups in total. The Labute approximate surface area is 230 Å². The lowest BCUT2D eigenvalue weighted by molar-refractivity contribution is -0.154. The average Bonchev–Trinajstić information content (AvgIpc) is 3.48. The fourth-order valence-corrected chi connectivity index (χ4v) is 9.43. The first-order valence-corrected chi connectivity index (χ1v) is 15.0. The van der Waals surface area contributed by atoms with Crippen LogP contribution in [-0.2, 0) is 19.1 Å². The molecule has 8 nitrogen and oxygen atoms in total. The monoisotopic (exact) mass is 545 g/mol. The fourth-order valence-electron chi connectivity index (χ4n) is 7.03. The van der Waals surface area contributed by atoms with Gasteiger partial charge >= 0.3 is 5.97 Å². The number of benzene rings is 1. The highest BCUT2D eigenvalue weighted by molar-refractivity contribution is 8.02. The molecule has 9 heteroatoms.